The number of nitrogens with one attached hydrogen (secondary N) is 3. The monoisotopic (exact) mass is 245 g/mol. The molecule has 0 radical (unpaired) electrons. The lowest BCUT2D eigenvalue weighted by Crippen LogP contribution is -2.24. The quantitative estimate of drug-likeness (QED) is 0.718. The third-order valence-electron chi connectivity index (χ3n) is 2.72. The molecule has 18 heavy (non-hydrogen) atoms. The van der Waals surface area contributed by atoms with Crippen molar-refractivity contribution in [2.75, 3.05) is 0 Å². The average molecular weight is 245 g/mol. The Kier molecular flexibility index (Phi) is 3.32. The first-order valence-corrected chi connectivity index (χ1v) is 5.75. The van der Waals surface area contributed by atoms with E-state index in [0.29, 0.717) is 0 Å². The van der Waals surface area contributed by atoms with Gasteiger partial charge in [0, 0.05) is 0 Å². The number of aromatic amines is 2. The molecule has 0 saturated heterocycles. The fourth-order valence-corrected chi connectivity index (χ4v) is 1.82. The third-order valence-corrected chi connectivity index (χ3v) is 2.72. The molecule has 0 aliphatic rings. The van der Waals surface area contributed by atoms with Crippen LogP contribution in [0.5, 0.6) is 0 Å². The summed E-state index contributed by atoms with van der Waals surface area (Å²) in [4.78, 5) is 27.9. The predicted octanol–water partition coefficient (Wildman–Crippen LogP) is 1.61. The van der Waals surface area contributed by atoms with E-state index in [9.17, 15) is 9.59 Å². The largest absolute Gasteiger partial charge is 0.346 e. The van der Waals surface area contributed by atoms with Gasteiger partial charge in [-0.15, -0.1) is 0 Å². The van der Waals surface area contributed by atoms with E-state index in [4.69, 9.17) is 0 Å². The zero-order valence-corrected chi connectivity index (χ0v) is 10.3. The summed E-state index contributed by atoms with van der Waals surface area (Å²) in [5.74, 6) is -0.132. The van der Waals surface area contributed by atoms with Crippen molar-refractivity contribution in [3.05, 3.63) is 46.4 Å². The van der Waals surface area contributed by atoms with Gasteiger partial charge in [0.25, 0.3) is 0 Å². The van der Waals surface area contributed by atoms with E-state index in [1.807, 2.05) is 25.1 Å². The highest BCUT2D eigenvalue weighted by atomic mass is 16.1. The highest BCUT2D eigenvalue weighted by Crippen LogP contribution is 2.16. The first-order chi connectivity index (χ1) is 8.60. The number of amides is 1. The number of rotatable bonds is 3. The van der Waals surface area contributed by atoms with E-state index in [2.05, 4.69) is 15.3 Å². The van der Waals surface area contributed by atoms with Crippen molar-refractivity contribution >= 4 is 16.9 Å². The van der Waals surface area contributed by atoms with E-state index in [1.54, 1.807) is 13.0 Å². The molecule has 1 heterocycles. The smallest absolute Gasteiger partial charge is 0.323 e. The summed E-state index contributed by atoms with van der Waals surface area (Å²) < 4.78 is 0. The van der Waals surface area contributed by atoms with Crippen LogP contribution < -0.4 is 11.0 Å². The molecule has 0 aliphatic carbocycles. The minimum absolute atomic E-state index is 0.114. The van der Waals surface area contributed by atoms with Gasteiger partial charge in [0.05, 0.1) is 17.1 Å². The van der Waals surface area contributed by atoms with Gasteiger partial charge in [0.15, 0.2) is 0 Å². The van der Waals surface area contributed by atoms with Crippen LogP contribution in [0.15, 0.2) is 35.1 Å². The number of aromatic nitrogens is 2. The molecule has 5 heteroatoms. The second-order valence-electron chi connectivity index (χ2n) is 4.11. The predicted molar refractivity (Wildman–Crippen MR) is 70.3 cm³/mol. The Bertz CT molecular complexity index is 652. The van der Waals surface area contributed by atoms with E-state index in [1.165, 1.54) is 6.08 Å². The van der Waals surface area contributed by atoms with Crippen LogP contribution >= 0.6 is 0 Å². The van der Waals surface area contributed by atoms with Crippen molar-refractivity contribution in [3.8, 4) is 0 Å². The summed E-state index contributed by atoms with van der Waals surface area (Å²) in [5.41, 5.74) is 2.21. The third kappa shape index (κ3) is 2.51. The maximum absolute atomic E-state index is 11.4. The molecule has 0 bridgehead atoms. The molecule has 1 unspecified atom stereocenters. The fourth-order valence-electron chi connectivity index (χ4n) is 1.82. The van der Waals surface area contributed by atoms with Crippen LogP contribution in [0.4, 0.5) is 0 Å². The minimum atomic E-state index is -0.229. The molecule has 94 valence electrons. The summed E-state index contributed by atoms with van der Waals surface area (Å²) in [7, 11) is 0. The zero-order valence-electron chi connectivity index (χ0n) is 10.3. The van der Waals surface area contributed by atoms with Crippen LogP contribution in [0.25, 0.3) is 11.0 Å². The Morgan fingerprint density at radius 1 is 1.33 bits per heavy atom. The molecule has 2 aromatic rings. The van der Waals surface area contributed by atoms with Crippen LogP contribution in [0, 0.1) is 0 Å². The highest BCUT2D eigenvalue weighted by Gasteiger charge is 2.08. The highest BCUT2D eigenvalue weighted by molar-refractivity contribution is 5.87. The van der Waals surface area contributed by atoms with Crippen molar-refractivity contribution in [2.45, 2.75) is 19.9 Å². The number of carbonyl (C=O) groups excluding carboxylic acids is 1. The van der Waals surface area contributed by atoms with Crippen LogP contribution in [0.2, 0.25) is 0 Å². The maximum atomic E-state index is 11.4. The Morgan fingerprint density at radius 2 is 2.06 bits per heavy atom. The first kappa shape index (κ1) is 12.2. The van der Waals surface area contributed by atoms with Crippen LogP contribution in [0.1, 0.15) is 25.5 Å². The van der Waals surface area contributed by atoms with Crippen molar-refractivity contribution in [2.24, 2.45) is 0 Å². The molecule has 1 atom stereocenters. The Balaban J connectivity index is 2.24. The van der Waals surface area contributed by atoms with Crippen molar-refractivity contribution in [3.63, 3.8) is 0 Å². The number of hydrogen-bond acceptors (Lipinski definition) is 2. The lowest BCUT2D eigenvalue weighted by Gasteiger charge is -2.12. The molecule has 0 fully saturated rings. The molecular weight excluding hydrogens is 230 g/mol. The second-order valence-corrected chi connectivity index (χ2v) is 4.11. The van der Waals surface area contributed by atoms with E-state index >= 15 is 0 Å². The Hall–Kier alpha value is -2.30. The molecule has 1 amide bonds. The number of fused-ring (bicyclic) bond motifs is 1. The number of imidazole rings is 1. The van der Waals surface area contributed by atoms with Gasteiger partial charge in [-0.05, 0) is 37.6 Å². The summed E-state index contributed by atoms with van der Waals surface area (Å²) in [5, 5.41) is 2.84. The summed E-state index contributed by atoms with van der Waals surface area (Å²) >= 11 is 0. The van der Waals surface area contributed by atoms with Gasteiger partial charge in [0.1, 0.15) is 0 Å². The number of benzene rings is 1. The lowest BCUT2D eigenvalue weighted by molar-refractivity contribution is -0.117. The average Bonchev–Trinajstić information content (AvgIpc) is 2.68. The molecule has 5 nitrogen and oxygen atoms in total. The molecule has 0 saturated carbocycles. The Morgan fingerprint density at radius 3 is 2.78 bits per heavy atom. The zero-order chi connectivity index (χ0) is 13.1. The summed E-state index contributed by atoms with van der Waals surface area (Å²) in [6, 6.07) is 5.44. The molecule has 1 aromatic heterocycles. The van der Waals surface area contributed by atoms with Gasteiger partial charge >= 0.3 is 5.69 Å². The van der Waals surface area contributed by atoms with Crippen molar-refractivity contribution in [1.29, 1.82) is 0 Å². The van der Waals surface area contributed by atoms with Gasteiger partial charge in [-0.1, -0.05) is 12.1 Å². The first-order valence-electron chi connectivity index (χ1n) is 5.75. The molecule has 0 spiro atoms. The molecule has 2 rings (SSSR count). The van der Waals surface area contributed by atoms with E-state index in [-0.39, 0.29) is 17.6 Å². The SMILES string of the molecule is CC=CC(=O)NC(C)c1ccc2[nH]c(=O)[nH]c2c1. The van der Waals surface area contributed by atoms with Crippen molar-refractivity contribution in [1.82, 2.24) is 15.3 Å². The van der Waals surface area contributed by atoms with Gasteiger partial charge in [-0.2, -0.15) is 0 Å². The molecule has 0 aliphatic heterocycles. The standard InChI is InChI=1S/C13H15N3O2/c1-3-4-12(17)14-8(2)9-5-6-10-11(7-9)16-13(18)15-10/h3-8H,1-2H3,(H,14,17)(H2,15,16,18). The number of hydrogen-bond donors (Lipinski definition) is 3. The van der Waals surface area contributed by atoms with E-state index < -0.39 is 0 Å². The minimum Gasteiger partial charge on any atom is -0.346 e. The van der Waals surface area contributed by atoms with Crippen LogP contribution in [-0.4, -0.2) is 15.9 Å². The van der Waals surface area contributed by atoms with Gasteiger partial charge in [0.2, 0.25) is 5.91 Å². The summed E-state index contributed by atoms with van der Waals surface area (Å²) in [6.45, 7) is 3.69. The van der Waals surface area contributed by atoms with Gasteiger partial charge in [-0.25, -0.2) is 4.79 Å². The molecule has 3 N–H and O–H groups in total. The van der Waals surface area contributed by atoms with Gasteiger partial charge in [-0.3, -0.25) is 4.79 Å². The Labute approximate surface area is 104 Å². The number of carbonyl (C=O) groups is 1. The second kappa shape index (κ2) is 4.91. The lowest BCUT2D eigenvalue weighted by atomic mass is 10.1. The van der Waals surface area contributed by atoms with Crippen LogP contribution in [0.3, 0.4) is 0 Å². The summed E-state index contributed by atoms with van der Waals surface area (Å²) in [6.07, 6.45) is 3.17. The van der Waals surface area contributed by atoms with Crippen molar-refractivity contribution < 1.29 is 4.79 Å². The maximum Gasteiger partial charge on any atom is 0.323 e. The molecule has 1 aromatic carbocycles. The van der Waals surface area contributed by atoms with Gasteiger partial charge < -0.3 is 15.3 Å². The topological polar surface area (TPSA) is 77.8 Å². The number of allylic oxidation sites excluding steroid dienone is 1. The van der Waals surface area contributed by atoms with Crippen LogP contribution in [-0.2, 0) is 4.79 Å². The molecular formula is C13H15N3O2. The van der Waals surface area contributed by atoms with E-state index in [0.717, 1.165) is 16.6 Å². The normalized spacial score (nSPS) is 13.0. The number of H-pyrrole nitrogens is 2. The fraction of sp³-hybridized carbons (Fsp3) is 0.231.